The van der Waals surface area contributed by atoms with Gasteiger partial charge in [0.05, 0.1) is 12.1 Å². The molecule has 1 aliphatic heterocycles. The molecule has 0 radical (unpaired) electrons. The number of rotatable bonds is 9. The summed E-state index contributed by atoms with van der Waals surface area (Å²) < 4.78 is 6.24. The van der Waals surface area contributed by atoms with Crippen LogP contribution in [0.3, 0.4) is 0 Å². The highest BCUT2D eigenvalue weighted by atomic mass is 32.1. The Morgan fingerprint density at radius 3 is 2.69 bits per heavy atom. The number of amides is 2. The van der Waals surface area contributed by atoms with Crippen LogP contribution in [0.2, 0.25) is 0 Å². The van der Waals surface area contributed by atoms with Crippen molar-refractivity contribution in [1.82, 2.24) is 20.3 Å². The lowest BCUT2D eigenvalue weighted by Crippen LogP contribution is -2.45. The average Bonchev–Trinajstić information content (AvgIpc) is 3.45. The van der Waals surface area contributed by atoms with Gasteiger partial charge in [-0.2, -0.15) is 0 Å². The molecule has 39 heavy (non-hydrogen) atoms. The fourth-order valence-electron chi connectivity index (χ4n) is 5.49. The van der Waals surface area contributed by atoms with Gasteiger partial charge in [0.1, 0.15) is 17.4 Å². The van der Waals surface area contributed by atoms with Gasteiger partial charge in [-0.25, -0.2) is 10.5 Å². The number of nitrogens with two attached hydrogens (primary N) is 1. The van der Waals surface area contributed by atoms with E-state index in [0.29, 0.717) is 49.4 Å². The van der Waals surface area contributed by atoms with Gasteiger partial charge < -0.3 is 10.5 Å². The van der Waals surface area contributed by atoms with Crippen LogP contribution in [0.4, 0.5) is 0 Å². The number of aromatic nitrogens is 2. The van der Waals surface area contributed by atoms with Crippen LogP contribution in [0.5, 0.6) is 5.75 Å². The van der Waals surface area contributed by atoms with Gasteiger partial charge in [0.15, 0.2) is 0 Å². The first kappa shape index (κ1) is 26.7. The number of para-hydroxylation sites is 1. The van der Waals surface area contributed by atoms with Crippen LogP contribution in [0, 0.1) is 6.92 Å². The molecule has 10 heteroatoms. The fraction of sp³-hybridized carbons (Fsp3) is 0.310. The Labute approximate surface area is 230 Å². The summed E-state index contributed by atoms with van der Waals surface area (Å²) >= 11 is 1.61. The number of nitrogens with zero attached hydrogens (tertiary/aromatic N) is 3. The molecule has 9 nitrogen and oxygen atoms in total. The number of fused-ring (bicyclic) bond motifs is 1. The van der Waals surface area contributed by atoms with Gasteiger partial charge in [-0.1, -0.05) is 18.2 Å². The quantitative estimate of drug-likeness (QED) is 0.213. The molecule has 202 valence electrons. The van der Waals surface area contributed by atoms with Gasteiger partial charge in [0.2, 0.25) is 11.8 Å². The van der Waals surface area contributed by atoms with E-state index in [4.69, 9.17) is 10.5 Å². The number of primary amides is 1. The molecule has 0 saturated carbocycles. The molecule has 4 aromatic rings. The summed E-state index contributed by atoms with van der Waals surface area (Å²) in [5.74, 6) is -0.507. The number of hydrogen-bond donors (Lipinski definition) is 3. The Morgan fingerprint density at radius 1 is 1.18 bits per heavy atom. The fourth-order valence-corrected chi connectivity index (χ4v) is 6.15. The Balaban J connectivity index is 1.44. The Hall–Kier alpha value is -3.86. The Bertz CT molecular complexity index is 1480. The van der Waals surface area contributed by atoms with Crippen LogP contribution in [0.1, 0.15) is 51.4 Å². The summed E-state index contributed by atoms with van der Waals surface area (Å²) in [4.78, 5) is 36.3. The lowest BCUT2D eigenvalue weighted by Gasteiger charge is -2.42. The van der Waals surface area contributed by atoms with Crippen molar-refractivity contribution in [2.45, 2.75) is 44.8 Å². The number of nitrogens with one attached hydrogen (secondary N) is 1. The zero-order valence-electron chi connectivity index (χ0n) is 21.7. The predicted molar refractivity (Wildman–Crippen MR) is 149 cm³/mol. The molecular weight excluding hydrogens is 514 g/mol. The van der Waals surface area contributed by atoms with Crippen LogP contribution in [0.15, 0.2) is 60.1 Å². The number of carbonyl (C=O) groups is 2. The average molecular weight is 546 g/mol. The van der Waals surface area contributed by atoms with Crippen molar-refractivity contribution >= 4 is 34.1 Å². The first-order chi connectivity index (χ1) is 18.9. The number of piperidine rings is 1. The van der Waals surface area contributed by atoms with Gasteiger partial charge in [-0.05, 0) is 68.8 Å². The standard InChI is InChI=1S/C29H31N5O4S/c1-19-14-20(22-4-2-3-5-25(22)32-19)18-38-21-6-7-23(28(30)36)24(15-21)29(16-26(35)33-37)8-11-34(12-9-29)17-27-31-10-13-39-27/h2-7,10,13-15,37H,8-9,11-12,16-18H2,1H3,(H2,30,36)(H,33,35). The maximum atomic E-state index is 12.5. The summed E-state index contributed by atoms with van der Waals surface area (Å²) in [6, 6.07) is 15.2. The first-order valence-electron chi connectivity index (χ1n) is 12.8. The van der Waals surface area contributed by atoms with Crippen molar-refractivity contribution in [3.8, 4) is 5.75 Å². The minimum atomic E-state index is -0.699. The molecule has 2 aromatic carbocycles. The van der Waals surface area contributed by atoms with E-state index >= 15 is 0 Å². The minimum Gasteiger partial charge on any atom is -0.489 e. The highest BCUT2D eigenvalue weighted by Gasteiger charge is 2.40. The highest BCUT2D eigenvalue weighted by Crippen LogP contribution is 2.42. The molecule has 1 aliphatic rings. The van der Waals surface area contributed by atoms with E-state index in [-0.39, 0.29) is 6.42 Å². The summed E-state index contributed by atoms with van der Waals surface area (Å²) in [6.07, 6.45) is 3.01. The molecule has 0 bridgehead atoms. The normalized spacial score (nSPS) is 15.2. The third-order valence-corrected chi connectivity index (χ3v) is 8.20. The molecule has 1 fully saturated rings. The minimum absolute atomic E-state index is 0.0203. The van der Waals surface area contributed by atoms with Gasteiger partial charge in [-0.15, -0.1) is 11.3 Å². The van der Waals surface area contributed by atoms with Crippen molar-refractivity contribution in [3.63, 3.8) is 0 Å². The third kappa shape index (κ3) is 5.93. The maximum Gasteiger partial charge on any atom is 0.249 e. The molecule has 5 rings (SSSR count). The van der Waals surface area contributed by atoms with E-state index in [1.807, 2.05) is 48.7 Å². The molecule has 3 heterocycles. The van der Waals surface area contributed by atoms with Crippen molar-refractivity contribution in [3.05, 3.63) is 87.5 Å². The lowest BCUT2D eigenvalue weighted by molar-refractivity contribution is -0.131. The van der Waals surface area contributed by atoms with E-state index in [9.17, 15) is 14.8 Å². The number of hydrogen-bond acceptors (Lipinski definition) is 8. The van der Waals surface area contributed by atoms with Gasteiger partial charge in [0, 0.05) is 45.6 Å². The SMILES string of the molecule is Cc1cc(COc2ccc(C(N)=O)c(C3(CC(=O)NO)CCN(Cc4nccs4)CC3)c2)c2ccccc2n1. The number of thiazole rings is 1. The summed E-state index contributed by atoms with van der Waals surface area (Å²) in [6.45, 7) is 4.39. The summed E-state index contributed by atoms with van der Waals surface area (Å²) in [7, 11) is 0. The number of benzene rings is 2. The zero-order chi connectivity index (χ0) is 27.4. The molecule has 2 aromatic heterocycles. The number of ether oxygens (including phenoxy) is 1. The number of pyridine rings is 1. The van der Waals surface area contributed by atoms with E-state index in [0.717, 1.165) is 33.7 Å². The van der Waals surface area contributed by atoms with Crippen LogP contribution >= 0.6 is 11.3 Å². The van der Waals surface area contributed by atoms with E-state index in [2.05, 4.69) is 14.9 Å². The molecule has 1 saturated heterocycles. The topological polar surface area (TPSA) is 131 Å². The maximum absolute atomic E-state index is 12.5. The van der Waals surface area contributed by atoms with E-state index in [1.165, 1.54) is 0 Å². The molecule has 4 N–H and O–H groups in total. The van der Waals surface area contributed by atoms with Gasteiger partial charge in [-0.3, -0.25) is 24.7 Å². The smallest absolute Gasteiger partial charge is 0.249 e. The second-order valence-corrected chi connectivity index (χ2v) is 11.0. The number of hydroxylamine groups is 1. The van der Waals surface area contributed by atoms with Crippen molar-refractivity contribution in [2.24, 2.45) is 5.73 Å². The number of carbonyl (C=O) groups excluding carboxylic acids is 2. The van der Waals surface area contributed by atoms with E-state index < -0.39 is 17.2 Å². The molecular formula is C29H31N5O4S. The third-order valence-electron chi connectivity index (χ3n) is 7.43. The lowest BCUT2D eigenvalue weighted by atomic mass is 9.68. The molecule has 0 spiro atoms. The first-order valence-corrected chi connectivity index (χ1v) is 13.7. The van der Waals surface area contributed by atoms with Crippen molar-refractivity contribution in [2.75, 3.05) is 13.1 Å². The van der Waals surface area contributed by atoms with Crippen molar-refractivity contribution < 1.29 is 19.5 Å². The van der Waals surface area contributed by atoms with Crippen LogP contribution < -0.4 is 16.0 Å². The Morgan fingerprint density at radius 2 is 1.97 bits per heavy atom. The largest absolute Gasteiger partial charge is 0.489 e. The number of aryl methyl sites for hydroxylation is 1. The molecule has 0 atom stereocenters. The monoisotopic (exact) mass is 545 g/mol. The second kappa shape index (κ2) is 11.5. The zero-order valence-corrected chi connectivity index (χ0v) is 22.5. The highest BCUT2D eigenvalue weighted by molar-refractivity contribution is 7.09. The van der Waals surface area contributed by atoms with E-state index in [1.54, 1.807) is 35.1 Å². The van der Waals surface area contributed by atoms with Gasteiger partial charge >= 0.3 is 0 Å². The second-order valence-electron chi connectivity index (χ2n) is 9.99. The summed E-state index contributed by atoms with van der Waals surface area (Å²) in [5, 5.41) is 13.4. The number of likely N-dealkylation sites (tertiary alicyclic amines) is 1. The molecule has 0 aliphatic carbocycles. The van der Waals surface area contributed by atoms with Crippen LogP contribution in [-0.4, -0.2) is 45.0 Å². The van der Waals surface area contributed by atoms with Crippen LogP contribution in [-0.2, 0) is 23.4 Å². The summed E-state index contributed by atoms with van der Waals surface area (Å²) in [5.41, 5.74) is 10.7. The van der Waals surface area contributed by atoms with Gasteiger partial charge in [0.25, 0.3) is 0 Å². The predicted octanol–water partition coefficient (Wildman–Crippen LogP) is 4.11. The van der Waals surface area contributed by atoms with Crippen LogP contribution in [0.25, 0.3) is 10.9 Å². The Kier molecular flexibility index (Phi) is 7.87. The molecule has 2 amide bonds. The molecule has 0 unspecified atom stereocenters. The van der Waals surface area contributed by atoms with Crippen molar-refractivity contribution in [1.29, 1.82) is 0 Å².